The average Bonchev–Trinajstić information content (AvgIpc) is 2.60. The Kier molecular flexibility index (Phi) is 6.11. The lowest BCUT2D eigenvalue weighted by molar-refractivity contribution is -0.129. The molecule has 0 heterocycles. The van der Waals surface area contributed by atoms with Crippen LogP contribution in [-0.2, 0) is 11.3 Å². The first-order valence-electron chi connectivity index (χ1n) is 7.82. The first kappa shape index (κ1) is 18.4. The van der Waals surface area contributed by atoms with Crippen molar-refractivity contribution in [3.63, 3.8) is 0 Å². The van der Waals surface area contributed by atoms with E-state index in [1.807, 2.05) is 19.1 Å². The zero-order chi connectivity index (χ0) is 18.4. The largest absolute Gasteiger partial charge is 0.494 e. The molecule has 0 spiro atoms. The Bertz CT molecular complexity index is 760. The molecule has 5 nitrogen and oxygen atoms in total. The number of ether oxygens (including phenoxy) is 1. The lowest BCUT2D eigenvalue weighted by Crippen LogP contribution is -2.37. The topological polar surface area (TPSA) is 58.6 Å². The normalized spacial score (nSPS) is 10.2. The highest BCUT2D eigenvalue weighted by Crippen LogP contribution is 2.18. The summed E-state index contributed by atoms with van der Waals surface area (Å²) in [6.45, 7) is 2.05. The van der Waals surface area contributed by atoms with Crippen LogP contribution in [0.3, 0.4) is 0 Å². The van der Waals surface area contributed by atoms with Crippen molar-refractivity contribution in [1.82, 2.24) is 10.2 Å². The summed E-state index contributed by atoms with van der Waals surface area (Å²) in [5.74, 6) is -0.898. The Labute approximate surface area is 146 Å². The minimum atomic E-state index is -0.478. The maximum atomic E-state index is 13.7. The van der Waals surface area contributed by atoms with E-state index < -0.39 is 5.82 Å². The average molecular weight is 344 g/mol. The molecule has 0 bridgehead atoms. The number of methoxy groups -OCH3 is 1. The van der Waals surface area contributed by atoms with Crippen molar-refractivity contribution in [3.05, 3.63) is 65.0 Å². The van der Waals surface area contributed by atoms with Crippen LogP contribution < -0.4 is 10.1 Å². The standard InChI is InChI=1S/C19H21FN2O3/c1-13-4-7-15(8-5-13)19(24)21-11-18(23)22(2)12-14-6-9-17(25-3)16(20)10-14/h4-10H,11-12H2,1-3H3,(H,21,24). The maximum Gasteiger partial charge on any atom is 0.251 e. The van der Waals surface area contributed by atoms with Crippen LogP contribution in [0.2, 0.25) is 0 Å². The summed E-state index contributed by atoms with van der Waals surface area (Å²) >= 11 is 0. The summed E-state index contributed by atoms with van der Waals surface area (Å²) in [6.07, 6.45) is 0. The predicted octanol–water partition coefficient (Wildman–Crippen LogP) is 2.53. The van der Waals surface area contributed by atoms with Crippen LogP contribution in [-0.4, -0.2) is 37.4 Å². The van der Waals surface area contributed by atoms with Gasteiger partial charge in [0.2, 0.25) is 5.91 Å². The van der Waals surface area contributed by atoms with E-state index in [1.54, 1.807) is 25.2 Å². The van der Waals surface area contributed by atoms with Crippen molar-refractivity contribution >= 4 is 11.8 Å². The Balaban J connectivity index is 1.88. The van der Waals surface area contributed by atoms with Crippen LogP contribution in [0.5, 0.6) is 5.75 Å². The Morgan fingerprint density at radius 1 is 1.16 bits per heavy atom. The molecule has 0 radical (unpaired) electrons. The molecule has 2 amide bonds. The lowest BCUT2D eigenvalue weighted by atomic mass is 10.1. The Morgan fingerprint density at radius 3 is 2.44 bits per heavy atom. The highest BCUT2D eigenvalue weighted by molar-refractivity contribution is 5.96. The molecule has 0 fully saturated rings. The molecule has 6 heteroatoms. The number of carbonyl (C=O) groups excluding carboxylic acids is 2. The number of likely N-dealkylation sites (N-methyl/N-ethyl adjacent to an activating group) is 1. The van der Waals surface area contributed by atoms with Gasteiger partial charge in [-0.3, -0.25) is 9.59 Å². The fourth-order valence-corrected chi connectivity index (χ4v) is 2.27. The van der Waals surface area contributed by atoms with Gasteiger partial charge in [-0.25, -0.2) is 4.39 Å². The van der Waals surface area contributed by atoms with Gasteiger partial charge in [-0.15, -0.1) is 0 Å². The van der Waals surface area contributed by atoms with Gasteiger partial charge in [-0.2, -0.15) is 0 Å². The molecule has 0 saturated carbocycles. The van der Waals surface area contributed by atoms with Crippen molar-refractivity contribution in [2.75, 3.05) is 20.7 Å². The number of halogens is 1. The number of carbonyl (C=O) groups is 2. The second-order valence-corrected chi connectivity index (χ2v) is 5.77. The first-order valence-corrected chi connectivity index (χ1v) is 7.82. The van der Waals surface area contributed by atoms with Crippen molar-refractivity contribution in [2.45, 2.75) is 13.5 Å². The van der Waals surface area contributed by atoms with Gasteiger partial charge in [0.25, 0.3) is 5.91 Å². The molecule has 1 N–H and O–H groups in total. The summed E-state index contributed by atoms with van der Waals surface area (Å²) in [5, 5.41) is 2.59. The fraction of sp³-hybridized carbons (Fsp3) is 0.263. The number of benzene rings is 2. The molecule has 132 valence electrons. The summed E-state index contributed by atoms with van der Waals surface area (Å²) in [6, 6.07) is 11.6. The number of aryl methyl sites for hydroxylation is 1. The van der Waals surface area contributed by atoms with E-state index in [0.29, 0.717) is 11.1 Å². The molecule has 0 aliphatic carbocycles. The summed E-state index contributed by atoms with van der Waals surface area (Å²) in [5.41, 5.74) is 2.19. The first-order chi connectivity index (χ1) is 11.9. The van der Waals surface area contributed by atoms with Gasteiger partial charge in [0.15, 0.2) is 11.6 Å². The maximum absolute atomic E-state index is 13.7. The van der Waals surface area contributed by atoms with Crippen molar-refractivity contribution in [2.24, 2.45) is 0 Å². The van der Waals surface area contributed by atoms with E-state index in [2.05, 4.69) is 5.32 Å². The molecule has 0 aliphatic rings. The molecule has 0 aromatic heterocycles. The number of nitrogens with zero attached hydrogens (tertiary/aromatic N) is 1. The predicted molar refractivity (Wildman–Crippen MR) is 92.9 cm³/mol. The second-order valence-electron chi connectivity index (χ2n) is 5.77. The van der Waals surface area contributed by atoms with Crippen molar-refractivity contribution in [1.29, 1.82) is 0 Å². The van der Waals surface area contributed by atoms with Crippen LogP contribution in [0.15, 0.2) is 42.5 Å². The monoisotopic (exact) mass is 344 g/mol. The van der Waals surface area contributed by atoms with Gasteiger partial charge >= 0.3 is 0 Å². The molecular formula is C19H21FN2O3. The molecule has 0 atom stereocenters. The van der Waals surface area contributed by atoms with Gasteiger partial charge in [-0.05, 0) is 36.8 Å². The molecule has 0 saturated heterocycles. The van der Waals surface area contributed by atoms with E-state index in [4.69, 9.17) is 4.74 Å². The molecule has 25 heavy (non-hydrogen) atoms. The van der Waals surface area contributed by atoms with Crippen LogP contribution in [0, 0.1) is 12.7 Å². The lowest BCUT2D eigenvalue weighted by Gasteiger charge is -2.18. The highest BCUT2D eigenvalue weighted by atomic mass is 19.1. The quantitative estimate of drug-likeness (QED) is 0.876. The SMILES string of the molecule is COc1ccc(CN(C)C(=O)CNC(=O)c2ccc(C)cc2)cc1F. The number of amides is 2. The van der Waals surface area contributed by atoms with Gasteiger partial charge < -0.3 is 15.0 Å². The second kappa shape index (κ2) is 8.28. The number of hydrogen-bond acceptors (Lipinski definition) is 3. The highest BCUT2D eigenvalue weighted by Gasteiger charge is 2.13. The smallest absolute Gasteiger partial charge is 0.251 e. The fourth-order valence-electron chi connectivity index (χ4n) is 2.27. The number of hydrogen-bond donors (Lipinski definition) is 1. The zero-order valence-electron chi connectivity index (χ0n) is 14.5. The third kappa shape index (κ3) is 5.04. The van der Waals surface area contributed by atoms with E-state index in [1.165, 1.54) is 24.1 Å². The minimum absolute atomic E-state index is 0.123. The number of nitrogens with one attached hydrogen (secondary N) is 1. The molecular weight excluding hydrogens is 323 g/mol. The summed E-state index contributed by atoms with van der Waals surface area (Å²) < 4.78 is 18.6. The van der Waals surface area contributed by atoms with Gasteiger partial charge in [-0.1, -0.05) is 23.8 Å². The van der Waals surface area contributed by atoms with E-state index in [0.717, 1.165) is 5.56 Å². The van der Waals surface area contributed by atoms with E-state index >= 15 is 0 Å². The summed E-state index contributed by atoms with van der Waals surface area (Å²) in [7, 11) is 2.99. The van der Waals surface area contributed by atoms with Crippen LogP contribution in [0.1, 0.15) is 21.5 Å². The molecule has 2 rings (SSSR count). The Morgan fingerprint density at radius 2 is 1.84 bits per heavy atom. The number of rotatable bonds is 6. The molecule has 0 unspecified atom stereocenters. The molecule has 2 aromatic rings. The zero-order valence-corrected chi connectivity index (χ0v) is 14.5. The minimum Gasteiger partial charge on any atom is -0.494 e. The third-order valence-electron chi connectivity index (χ3n) is 3.78. The van der Waals surface area contributed by atoms with E-state index in [-0.39, 0.29) is 30.7 Å². The van der Waals surface area contributed by atoms with Crippen LogP contribution >= 0.6 is 0 Å². The Hall–Kier alpha value is -2.89. The molecule has 0 aliphatic heterocycles. The van der Waals surface area contributed by atoms with Crippen molar-refractivity contribution in [3.8, 4) is 5.75 Å². The van der Waals surface area contributed by atoms with Crippen LogP contribution in [0.25, 0.3) is 0 Å². The van der Waals surface area contributed by atoms with Crippen molar-refractivity contribution < 1.29 is 18.7 Å². The van der Waals surface area contributed by atoms with Gasteiger partial charge in [0, 0.05) is 19.2 Å². The third-order valence-corrected chi connectivity index (χ3v) is 3.78. The summed E-state index contributed by atoms with van der Waals surface area (Å²) in [4.78, 5) is 25.6. The molecule has 2 aromatic carbocycles. The van der Waals surface area contributed by atoms with Crippen LogP contribution in [0.4, 0.5) is 4.39 Å². The van der Waals surface area contributed by atoms with Gasteiger partial charge in [0.05, 0.1) is 13.7 Å². The van der Waals surface area contributed by atoms with Gasteiger partial charge in [0.1, 0.15) is 0 Å². The van der Waals surface area contributed by atoms with E-state index in [9.17, 15) is 14.0 Å².